The van der Waals surface area contributed by atoms with Gasteiger partial charge in [0.2, 0.25) is 5.91 Å². The lowest BCUT2D eigenvalue weighted by Gasteiger charge is -2.37. The van der Waals surface area contributed by atoms with Gasteiger partial charge in [-0.15, -0.1) is 6.58 Å². The summed E-state index contributed by atoms with van der Waals surface area (Å²) in [5.41, 5.74) is 1.55. The summed E-state index contributed by atoms with van der Waals surface area (Å²) < 4.78 is 6.28. The van der Waals surface area contributed by atoms with Crippen molar-refractivity contribution in [3.63, 3.8) is 0 Å². The second-order valence-corrected chi connectivity index (χ2v) is 9.74. The fraction of sp³-hybridized carbons (Fsp3) is 0.577. The third-order valence-electron chi connectivity index (χ3n) is 7.61. The molecule has 0 aromatic heterocycles. The van der Waals surface area contributed by atoms with E-state index in [1.807, 2.05) is 32.0 Å². The molecule has 1 spiro atoms. The van der Waals surface area contributed by atoms with Gasteiger partial charge in [-0.1, -0.05) is 18.2 Å². The molecule has 2 N–H and O–H groups in total. The quantitative estimate of drug-likeness (QED) is 0.402. The van der Waals surface area contributed by atoms with E-state index in [4.69, 9.17) is 9.84 Å². The summed E-state index contributed by atoms with van der Waals surface area (Å²) in [4.78, 5) is 43.2. The standard InChI is InChI=1S/C26H34N2O6/c1-4-12-27(18-15-16(2)8-9-17(18)3)24(31)22-26-11-10-19(34-26)20(25(32)33)21(26)23(30)28(22)13-6-5-7-14-29/h4,8-9,15,19-22,29H,1,5-7,10-14H2,2-3H3,(H,32,33)/t19-,20+,21+,22-,26+/m1/s1. The molecule has 5 atom stereocenters. The Bertz CT molecular complexity index is 994. The first kappa shape index (κ1) is 24.4. The number of carbonyl (C=O) groups is 3. The van der Waals surface area contributed by atoms with Crippen LogP contribution in [0.25, 0.3) is 0 Å². The number of nitrogens with zero attached hydrogens (tertiary/aromatic N) is 2. The van der Waals surface area contributed by atoms with E-state index in [1.54, 1.807) is 15.9 Å². The van der Waals surface area contributed by atoms with Gasteiger partial charge in [-0.05, 0) is 63.1 Å². The Hall–Kier alpha value is -2.71. The van der Waals surface area contributed by atoms with Gasteiger partial charge in [-0.2, -0.15) is 0 Å². The highest BCUT2D eigenvalue weighted by atomic mass is 16.5. The zero-order valence-electron chi connectivity index (χ0n) is 19.9. The monoisotopic (exact) mass is 470 g/mol. The van der Waals surface area contributed by atoms with Crippen molar-refractivity contribution in [1.82, 2.24) is 4.90 Å². The Labute approximate surface area is 200 Å². The number of amides is 2. The van der Waals surface area contributed by atoms with Crippen LogP contribution in [0.4, 0.5) is 5.69 Å². The average molecular weight is 471 g/mol. The summed E-state index contributed by atoms with van der Waals surface area (Å²) in [7, 11) is 0. The van der Waals surface area contributed by atoms with E-state index < -0.39 is 35.6 Å². The molecule has 0 unspecified atom stereocenters. The number of rotatable bonds is 10. The Morgan fingerprint density at radius 3 is 2.74 bits per heavy atom. The molecule has 0 aliphatic carbocycles. The predicted octanol–water partition coefficient (Wildman–Crippen LogP) is 2.44. The zero-order chi connectivity index (χ0) is 24.6. The van der Waals surface area contributed by atoms with E-state index in [1.165, 1.54) is 0 Å². The first-order chi connectivity index (χ1) is 16.3. The van der Waals surface area contributed by atoms with Crippen LogP contribution in [0.3, 0.4) is 0 Å². The minimum absolute atomic E-state index is 0.0640. The minimum Gasteiger partial charge on any atom is -0.481 e. The summed E-state index contributed by atoms with van der Waals surface area (Å²) in [6, 6.07) is 4.99. The number of aryl methyl sites for hydroxylation is 2. The number of carbonyl (C=O) groups excluding carboxylic acids is 2. The number of carboxylic acid groups (broad SMARTS) is 1. The lowest BCUT2D eigenvalue weighted by molar-refractivity contribution is -0.149. The van der Waals surface area contributed by atoms with E-state index >= 15 is 0 Å². The second-order valence-electron chi connectivity index (χ2n) is 9.74. The third-order valence-corrected chi connectivity index (χ3v) is 7.61. The van der Waals surface area contributed by atoms with Crippen LogP contribution in [0.2, 0.25) is 0 Å². The van der Waals surface area contributed by atoms with Crippen molar-refractivity contribution in [3.05, 3.63) is 42.0 Å². The molecule has 2 amide bonds. The fourth-order valence-corrected chi connectivity index (χ4v) is 6.12. The first-order valence-corrected chi connectivity index (χ1v) is 12.1. The summed E-state index contributed by atoms with van der Waals surface area (Å²) in [5, 5.41) is 19.0. The van der Waals surface area contributed by atoms with Crippen LogP contribution in [-0.2, 0) is 19.1 Å². The maximum Gasteiger partial charge on any atom is 0.310 e. The summed E-state index contributed by atoms with van der Waals surface area (Å²) >= 11 is 0. The number of benzene rings is 1. The van der Waals surface area contributed by atoms with Crippen LogP contribution in [-0.4, -0.2) is 70.3 Å². The largest absolute Gasteiger partial charge is 0.481 e. The molecule has 3 aliphatic rings. The molecule has 8 heteroatoms. The molecule has 2 bridgehead atoms. The van der Waals surface area contributed by atoms with Gasteiger partial charge in [0.15, 0.2) is 0 Å². The van der Waals surface area contributed by atoms with Crippen molar-refractivity contribution in [2.75, 3.05) is 24.6 Å². The number of aliphatic hydroxyl groups excluding tert-OH is 1. The molecule has 3 heterocycles. The number of likely N-dealkylation sites (tertiary alicyclic amines) is 1. The van der Waals surface area contributed by atoms with Gasteiger partial charge in [-0.25, -0.2) is 0 Å². The minimum atomic E-state index is -1.13. The van der Waals surface area contributed by atoms with Crippen molar-refractivity contribution in [3.8, 4) is 0 Å². The zero-order valence-corrected chi connectivity index (χ0v) is 19.9. The molecule has 1 aromatic rings. The number of fused-ring (bicyclic) bond motifs is 1. The average Bonchev–Trinajstić information content (AvgIpc) is 3.44. The van der Waals surface area contributed by atoms with Gasteiger partial charge in [0.1, 0.15) is 11.6 Å². The van der Waals surface area contributed by atoms with E-state index in [0.717, 1.165) is 16.8 Å². The Balaban J connectivity index is 1.75. The smallest absolute Gasteiger partial charge is 0.310 e. The van der Waals surface area contributed by atoms with Crippen LogP contribution in [0.15, 0.2) is 30.9 Å². The molecular formula is C26H34N2O6. The third kappa shape index (κ3) is 3.82. The normalized spacial score (nSPS) is 29.4. The SMILES string of the molecule is C=CCN(C(=O)[C@H]1N(CCCCCO)C(=O)[C@@H]2[C@@H](C(=O)O)[C@H]3CC[C@]21O3)c1cc(C)ccc1C. The van der Waals surface area contributed by atoms with Crippen molar-refractivity contribution in [2.24, 2.45) is 11.8 Å². The van der Waals surface area contributed by atoms with E-state index in [2.05, 4.69) is 6.58 Å². The summed E-state index contributed by atoms with van der Waals surface area (Å²) in [6.07, 6.45) is 4.04. The number of hydrogen-bond donors (Lipinski definition) is 2. The second kappa shape index (κ2) is 9.50. The Kier molecular flexibility index (Phi) is 6.82. The lowest BCUT2D eigenvalue weighted by atomic mass is 9.70. The molecular weight excluding hydrogens is 436 g/mol. The number of carboxylic acids is 1. The van der Waals surface area contributed by atoms with E-state index in [-0.39, 0.29) is 25.0 Å². The van der Waals surface area contributed by atoms with Crippen LogP contribution in [0.1, 0.15) is 43.2 Å². The molecule has 4 rings (SSSR count). The van der Waals surface area contributed by atoms with Crippen LogP contribution >= 0.6 is 0 Å². The molecule has 1 aromatic carbocycles. The maximum absolute atomic E-state index is 14.3. The van der Waals surface area contributed by atoms with Crippen molar-refractivity contribution >= 4 is 23.5 Å². The van der Waals surface area contributed by atoms with Gasteiger partial charge >= 0.3 is 5.97 Å². The highest BCUT2D eigenvalue weighted by molar-refractivity contribution is 6.05. The maximum atomic E-state index is 14.3. The number of anilines is 1. The Morgan fingerprint density at radius 1 is 1.29 bits per heavy atom. The molecule has 3 aliphatic heterocycles. The van der Waals surface area contributed by atoms with Gasteiger partial charge in [0.25, 0.3) is 5.91 Å². The lowest BCUT2D eigenvalue weighted by Crippen LogP contribution is -2.56. The number of ether oxygens (including phenoxy) is 1. The highest BCUT2D eigenvalue weighted by Crippen LogP contribution is 2.58. The number of hydrogen-bond acceptors (Lipinski definition) is 5. The van der Waals surface area contributed by atoms with Gasteiger partial charge in [-0.3, -0.25) is 14.4 Å². The van der Waals surface area contributed by atoms with Crippen molar-refractivity contribution < 1.29 is 29.3 Å². The number of unbranched alkanes of at least 4 members (excludes halogenated alkanes) is 2. The van der Waals surface area contributed by atoms with Gasteiger partial charge in [0, 0.05) is 25.4 Å². The molecule has 0 radical (unpaired) electrons. The van der Waals surface area contributed by atoms with Gasteiger partial charge in [0.05, 0.1) is 17.9 Å². The first-order valence-electron chi connectivity index (χ1n) is 12.1. The molecule has 0 saturated carbocycles. The highest BCUT2D eigenvalue weighted by Gasteiger charge is 2.74. The van der Waals surface area contributed by atoms with Crippen LogP contribution in [0, 0.1) is 25.7 Å². The Morgan fingerprint density at radius 2 is 2.06 bits per heavy atom. The number of aliphatic carboxylic acids is 1. The molecule has 3 fully saturated rings. The molecule has 8 nitrogen and oxygen atoms in total. The van der Waals surface area contributed by atoms with Crippen LogP contribution in [0.5, 0.6) is 0 Å². The summed E-state index contributed by atoms with van der Waals surface area (Å²) in [6.45, 7) is 8.37. The molecule has 184 valence electrons. The van der Waals surface area contributed by atoms with Crippen LogP contribution < -0.4 is 4.90 Å². The van der Waals surface area contributed by atoms with E-state index in [9.17, 15) is 19.5 Å². The van der Waals surface area contributed by atoms with Crippen molar-refractivity contribution in [1.29, 1.82) is 0 Å². The predicted molar refractivity (Wildman–Crippen MR) is 126 cm³/mol. The van der Waals surface area contributed by atoms with Gasteiger partial charge < -0.3 is 24.7 Å². The van der Waals surface area contributed by atoms with Crippen molar-refractivity contribution in [2.45, 2.75) is 63.7 Å². The topological polar surface area (TPSA) is 107 Å². The number of aliphatic hydroxyl groups is 1. The summed E-state index contributed by atoms with van der Waals surface area (Å²) in [5.74, 6) is -3.42. The fourth-order valence-electron chi connectivity index (χ4n) is 6.12. The molecule has 3 saturated heterocycles. The molecule has 34 heavy (non-hydrogen) atoms. The van der Waals surface area contributed by atoms with E-state index in [0.29, 0.717) is 38.6 Å².